The molecule has 0 fully saturated rings. The van der Waals surface area contributed by atoms with Crippen molar-refractivity contribution in [3.63, 3.8) is 0 Å². The summed E-state index contributed by atoms with van der Waals surface area (Å²) in [6.07, 6.45) is 2.79. The Morgan fingerprint density at radius 2 is 2.16 bits per heavy atom. The number of nitrogens with zero attached hydrogens (tertiary/aromatic N) is 3. The number of ether oxygens (including phenoxy) is 1. The zero-order valence-corrected chi connectivity index (χ0v) is 10.1. The van der Waals surface area contributed by atoms with Gasteiger partial charge in [-0.2, -0.15) is 10.2 Å². The monoisotopic (exact) mass is 255 g/mol. The average molecular weight is 255 g/mol. The molecule has 6 heteroatoms. The number of benzene rings is 1. The van der Waals surface area contributed by atoms with Crippen LogP contribution in [0.1, 0.15) is 17.3 Å². The van der Waals surface area contributed by atoms with Gasteiger partial charge in [-0.15, -0.1) is 0 Å². The molecule has 0 bridgehead atoms. The van der Waals surface area contributed by atoms with Crippen molar-refractivity contribution in [1.29, 1.82) is 0 Å². The van der Waals surface area contributed by atoms with Crippen LogP contribution in [-0.2, 0) is 9.53 Å². The Labute approximate surface area is 107 Å². The highest BCUT2D eigenvalue weighted by molar-refractivity contribution is 6.24. The number of ketones is 1. The lowest BCUT2D eigenvalue weighted by Gasteiger charge is -2.09. The Morgan fingerprint density at radius 1 is 1.32 bits per heavy atom. The van der Waals surface area contributed by atoms with Gasteiger partial charge in [-0.25, -0.2) is 4.79 Å². The van der Waals surface area contributed by atoms with E-state index in [0.717, 1.165) is 0 Å². The molecule has 0 unspecified atom stereocenters. The summed E-state index contributed by atoms with van der Waals surface area (Å²) in [5.41, 5.74) is 0.984. The van der Waals surface area contributed by atoms with Crippen LogP contribution < -0.4 is 10.6 Å². The third-order valence-corrected chi connectivity index (χ3v) is 2.85. The highest BCUT2D eigenvalue weighted by atomic mass is 16.5. The predicted molar refractivity (Wildman–Crippen MR) is 65.3 cm³/mol. The summed E-state index contributed by atoms with van der Waals surface area (Å²) in [7, 11) is 0. The van der Waals surface area contributed by atoms with Crippen molar-refractivity contribution in [3.05, 3.63) is 40.0 Å². The van der Waals surface area contributed by atoms with Crippen molar-refractivity contribution >= 4 is 23.6 Å². The van der Waals surface area contributed by atoms with Crippen LogP contribution in [0.3, 0.4) is 0 Å². The van der Waals surface area contributed by atoms with Gasteiger partial charge in [0.2, 0.25) is 5.78 Å². The molecule has 2 aliphatic heterocycles. The minimum atomic E-state index is -0.652. The van der Waals surface area contributed by atoms with Crippen molar-refractivity contribution in [2.75, 3.05) is 6.61 Å². The minimum Gasteiger partial charge on any atom is -0.462 e. The fraction of sp³-hybridized carbons (Fsp3) is 0.154. The second-order valence-electron chi connectivity index (χ2n) is 3.96. The number of Topliss-reactive ketones (excluding diaryl/α,β-unsaturated/α-hetero) is 1. The maximum Gasteiger partial charge on any atom is 0.343 e. The van der Waals surface area contributed by atoms with E-state index in [-0.39, 0.29) is 18.0 Å². The molecule has 0 saturated carbocycles. The van der Waals surface area contributed by atoms with E-state index in [0.29, 0.717) is 21.8 Å². The highest BCUT2D eigenvalue weighted by Gasteiger charge is 2.26. The van der Waals surface area contributed by atoms with Gasteiger partial charge in [-0.1, -0.05) is 0 Å². The van der Waals surface area contributed by atoms with Crippen LogP contribution in [0.2, 0.25) is 0 Å². The normalized spacial score (nSPS) is 15.0. The van der Waals surface area contributed by atoms with E-state index < -0.39 is 5.97 Å². The Hall–Kier alpha value is -2.63. The molecule has 0 atom stereocenters. The molecule has 6 nitrogen and oxygen atoms in total. The average Bonchev–Trinajstić information content (AvgIpc) is 2.87. The van der Waals surface area contributed by atoms with Crippen molar-refractivity contribution in [3.8, 4) is 0 Å². The summed E-state index contributed by atoms with van der Waals surface area (Å²) < 4.78 is 4.83. The van der Waals surface area contributed by atoms with Crippen molar-refractivity contribution in [2.24, 2.45) is 15.2 Å². The first-order valence-electron chi connectivity index (χ1n) is 5.76. The first-order valence-corrected chi connectivity index (χ1v) is 5.76. The van der Waals surface area contributed by atoms with Crippen LogP contribution in [-0.4, -0.2) is 18.4 Å². The van der Waals surface area contributed by atoms with Gasteiger partial charge in [0.05, 0.1) is 23.9 Å². The molecule has 94 valence electrons. The van der Waals surface area contributed by atoms with Crippen LogP contribution >= 0.6 is 0 Å². The predicted octanol–water partition coefficient (Wildman–Crippen LogP) is 0.785. The molecule has 0 saturated heterocycles. The largest absolute Gasteiger partial charge is 0.462 e. The number of fused-ring (bicyclic) bond motifs is 3. The number of hydrogen-bond acceptors (Lipinski definition) is 6. The summed E-state index contributed by atoms with van der Waals surface area (Å²) in [5.74, 6) is -1.03. The second-order valence-corrected chi connectivity index (χ2v) is 3.96. The smallest absolute Gasteiger partial charge is 0.343 e. The maximum atomic E-state index is 12.2. The number of carbonyl (C=O) groups is 2. The quantitative estimate of drug-likeness (QED) is 0.578. The Kier molecular flexibility index (Phi) is 2.56. The van der Waals surface area contributed by atoms with E-state index >= 15 is 0 Å². The molecule has 0 radical (unpaired) electrons. The molecule has 2 heterocycles. The van der Waals surface area contributed by atoms with E-state index in [1.54, 1.807) is 25.3 Å². The van der Waals surface area contributed by atoms with Gasteiger partial charge >= 0.3 is 5.97 Å². The first kappa shape index (κ1) is 11.5. The molecule has 0 aromatic heterocycles. The number of hydrogen-bond donors (Lipinski definition) is 0. The highest BCUT2D eigenvalue weighted by Crippen LogP contribution is 2.15. The summed E-state index contributed by atoms with van der Waals surface area (Å²) in [6.45, 7) is 1.90. The van der Waals surface area contributed by atoms with Crippen LogP contribution in [0, 0.1) is 0 Å². The topological polar surface area (TPSA) is 80.4 Å². The third kappa shape index (κ3) is 1.69. The zero-order chi connectivity index (χ0) is 13.4. The fourth-order valence-corrected chi connectivity index (χ4v) is 1.97. The van der Waals surface area contributed by atoms with Gasteiger partial charge in [0.1, 0.15) is 5.57 Å². The van der Waals surface area contributed by atoms with Crippen molar-refractivity contribution in [1.82, 2.24) is 0 Å². The van der Waals surface area contributed by atoms with Crippen LogP contribution in [0.4, 0.5) is 5.69 Å². The van der Waals surface area contributed by atoms with E-state index in [2.05, 4.69) is 15.2 Å². The molecule has 1 aromatic rings. The molecule has 0 spiro atoms. The Morgan fingerprint density at radius 3 is 2.95 bits per heavy atom. The third-order valence-electron chi connectivity index (χ3n) is 2.85. The van der Waals surface area contributed by atoms with Gasteiger partial charge in [0, 0.05) is 17.0 Å². The van der Waals surface area contributed by atoms with Crippen LogP contribution in [0.15, 0.2) is 39.1 Å². The molecule has 0 amide bonds. The lowest BCUT2D eigenvalue weighted by atomic mass is 10.00. The Balaban J connectivity index is 2.17. The van der Waals surface area contributed by atoms with Gasteiger partial charge < -0.3 is 4.74 Å². The summed E-state index contributed by atoms with van der Waals surface area (Å²) in [4.78, 5) is 28.0. The zero-order valence-electron chi connectivity index (χ0n) is 10.1. The molecule has 0 N–H and O–H groups in total. The molecule has 1 aromatic carbocycles. The lowest BCUT2D eigenvalue weighted by molar-refractivity contribution is -0.138. The number of azo groups is 1. The number of esters is 1. The van der Waals surface area contributed by atoms with E-state index in [9.17, 15) is 9.59 Å². The molecular weight excluding hydrogens is 246 g/mol. The lowest BCUT2D eigenvalue weighted by Crippen LogP contribution is -2.34. The molecule has 2 aliphatic rings. The summed E-state index contributed by atoms with van der Waals surface area (Å²) >= 11 is 0. The van der Waals surface area contributed by atoms with E-state index in [1.807, 2.05) is 0 Å². The standard InChI is InChI=1S/C13H9N3O3/c1-2-19-13(18)9-5-14-11-7(12(9)17)3-4-10-8(11)6-15-16-10/h3-6H,2H2,1H3. The summed E-state index contributed by atoms with van der Waals surface area (Å²) in [6, 6.07) is 3.28. The van der Waals surface area contributed by atoms with Gasteiger partial charge in [0.15, 0.2) is 0 Å². The van der Waals surface area contributed by atoms with E-state index in [4.69, 9.17) is 4.74 Å². The molecule has 0 aliphatic carbocycles. The van der Waals surface area contributed by atoms with Gasteiger partial charge in [0.25, 0.3) is 0 Å². The number of rotatable bonds is 2. The minimum absolute atomic E-state index is 0.0545. The van der Waals surface area contributed by atoms with Gasteiger partial charge in [-0.05, 0) is 19.1 Å². The fourth-order valence-electron chi connectivity index (χ4n) is 1.97. The van der Waals surface area contributed by atoms with E-state index in [1.165, 1.54) is 6.20 Å². The SMILES string of the molecule is CCOC(=O)C1=CN=c2c(ccc3c2=CN=N3)C1=O. The van der Waals surface area contributed by atoms with Crippen molar-refractivity contribution < 1.29 is 14.3 Å². The van der Waals surface area contributed by atoms with Crippen molar-refractivity contribution in [2.45, 2.75) is 6.92 Å². The van der Waals surface area contributed by atoms with Gasteiger partial charge in [-0.3, -0.25) is 9.79 Å². The Bertz CT molecular complexity index is 775. The molecule has 3 rings (SSSR count). The molecular formula is C13H9N3O3. The number of carbonyl (C=O) groups excluding carboxylic acids is 2. The molecule has 19 heavy (non-hydrogen) atoms. The first-order chi connectivity index (χ1) is 9.22. The second kappa shape index (κ2) is 4.24. The van der Waals surface area contributed by atoms with Crippen LogP contribution in [0.25, 0.3) is 6.20 Å². The van der Waals surface area contributed by atoms with Crippen LogP contribution in [0.5, 0.6) is 0 Å². The maximum absolute atomic E-state index is 12.2. The summed E-state index contributed by atoms with van der Waals surface area (Å²) in [5, 5.41) is 8.89.